The molecule has 15 heteroatoms. The van der Waals surface area contributed by atoms with Crippen molar-refractivity contribution in [3.8, 4) is 17.6 Å². The van der Waals surface area contributed by atoms with Gasteiger partial charge in [-0.3, -0.25) is 0 Å². The number of hydrogen-bond donors (Lipinski definition) is 2. The fraction of sp³-hybridized carbons (Fsp3) is 0.515. The highest BCUT2D eigenvalue weighted by molar-refractivity contribution is 7.71. The van der Waals surface area contributed by atoms with Crippen LogP contribution in [0.1, 0.15) is 29.7 Å². The van der Waals surface area contributed by atoms with Gasteiger partial charge in [-0.1, -0.05) is 24.0 Å². The maximum Gasteiger partial charge on any atom is 0.573 e. The van der Waals surface area contributed by atoms with Crippen LogP contribution in [0.5, 0.6) is 5.75 Å². The van der Waals surface area contributed by atoms with E-state index in [0.29, 0.717) is 59.2 Å². The van der Waals surface area contributed by atoms with Gasteiger partial charge in [-0.25, -0.2) is 4.39 Å². The minimum Gasteiger partial charge on any atom is -0.404 e. The van der Waals surface area contributed by atoms with Crippen LogP contribution in [0.3, 0.4) is 0 Å². The minimum atomic E-state index is -5.01. The number of thiophene rings is 1. The van der Waals surface area contributed by atoms with E-state index in [0.717, 1.165) is 17.4 Å². The average molecular weight is 719 g/mol. The average Bonchev–Trinajstić information content (AvgIpc) is 3.33. The van der Waals surface area contributed by atoms with Crippen molar-refractivity contribution in [2.45, 2.75) is 56.5 Å². The number of alkyl halides is 7. The lowest BCUT2D eigenvalue weighted by Crippen LogP contribution is -2.46. The largest absolute Gasteiger partial charge is 0.573 e. The van der Waals surface area contributed by atoms with E-state index in [1.165, 1.54) is 12.1 Å². The summed E-state index contributed by atoms with van der Waals surface area (Å²) in [5, 5.41) is 6.63. The van der Waals surface area contributed by atoms with Crippen LogP contribution in [0.2, 0.25) is 0 Å². The summed E-state index contributed by atoms with van der Waals surface area (Å²) in [5.41, 5.74) is 0.461. The van der Waals surface area contributed by atoms with Crippen LogP contribution in [0.4, 0.5) is 42.1 Å². The van der Waals surface area contributed by atoms with Gasteiger partial charge in [0.25, 0.3) is 0 Å². The predicted molar refractivity (Wildman–Crippen MR) is 178 cm³/mol. The zero-order valence-electron chi connectivity index (χ0n) is 26.8. The summed E-state index contributed by atoms with van der Waals surface area (Å²) in [4.78, 5) is 4.09. The highest BCUT2D eigenvalue weighted by atomic mass is 32.1. The van der Waals surface area contributed by atoms with Gasteiger partial charge in [0.2, 0.25) is 0 Å². The molecule has 2 aliphatic heterocycles. The first kappa shape index (κ1) is 36.3. The molecule has 2 aliphatic rings. The molecule has 48 heavy (non-hydrogen) atoms. The fourth-order valence-corrected chi connectivity index (χ4v) is 10.3. The van der Waals surface area contributed by atoms with Crippen molar-refractivity contribution in [2.75, 3.05) is 63.7 Å². The molecule has 2 N–H and O–H groups in total. The summed E-state index contributed by atoms with van der Waals surface area (Å²) in [5.74, 6) is 4.96. The summed E-state index contributed by atoms with van der Waals surface area (Å²) in [6.07, 6.45) is -9.32. The van der Waals surface area contributed by atoms with Crippen LogP contribution in [-0.2, 0) is 11.0 Å². The van der Waals surface area contributed by atoms with E-state index in [4.69, 9.17) is 0 Å². The number of hydrogen-bond acceptors (Lipinski definition) is 7. The van der Waals surface area contributed by atoms with Crippen LogP contribution in [0, 0.1) is 11.8 Å². The molecule has 0 bridgehead atoms. The molecule has 2 fully saturated rings. The van der Waals surface area contributed by atoms with Gasteiger partial charge in [-0.05, 0) is 75.6 Å². The van der Waals surface area contributed by atoms with Crippen LogP contribution in [0.25, 0.3) is 10.1 Å². The molecule has 3 aromatic rings. The molecule has 262 valence electrons. The number of piperidine rings is 1. The fourth-order valence-electron chi connectivity index (χ4n) is 6.31. The van der Waals surface area contributed by atoms with Crippen LogP contribution in [-0.4, -0.2) is 93.7 Å². The lowest BCUT2D eigenvalue weighted by molar-refractivity contribution is -0.274. The Morgan fingerprint density at radius 1 is 1.06 bits per heavy atom. The van der Waals surface area contributed by atoms with E-state index in [1.807, 2.05) is 30.9 Å². The highest BCUT2D eigenvalue weighted by Gasteiger charge is 2.36. The van der Waals surface area contributed by atoms with Gasteiger partial charge in [0.05, 0.1) is 40.0 Å². The van der Waals surface area contributed by atoms with Gasteiger partial charge in [-0.2, -0.15) is 13.2 Å². The van der Waals surface area contributed by atoms with Gasteiger partial charge in [0, 0.05) is 36.8 Å². The number of anilines is 2. The smallest absolute Gasteiger partial charge is 0.404 e. The second kappa shape index (κ2) is 14.5. The molecular formula is C33H38F7N4O2PS. The highest BCUT2D eigenvalue weighted by Crippen LogP contribution is 2.51. The predicted octanol–water partition coefficient (Wildman–Crippen LogP) is 7.53. The van der Waals surface area contributed by atoms with Crippen molar-refractivity contribution in [2.24, 2.45) is 0 Å². The van der Waals surface area contributed by atoms with E-state index >= 15 is 0 Å². The van der Waals surface area contributed by atoms with Gasteiger partial charge in [0.1, 0.15) is 13.3 Å². The second-order valence-electron chi connectivity index (χ2n) is 12.6. The molecule has 2 aromatic carbocycles. The number of benzene rings is 2. The number of likely N-dealkylation sites (tertiary alicyclic amines) is 1. The minimum absolute atomic E-state index is 0.0158. The topological polar surface area (TPSA) is 56.8 Å². The Morgan fingerprint density at radius 3 is 2.44 bits per heavy atom. The number of fused-ring (bicyclic) bond motifs is 1. The van der Waals surface area contributed by atoms with E-state index in [9.17, 15) is 35.3 Å². The Labute approximate surface area is 279 Å². The van der Waals surface area contributed by atoms with Gasteiger partial charge >= 0.3 is 12.5 Å². The first-order chi connectivity index (χ1) is 22.5. The summed E-state index contributed by atoms with van der Waals surface area (Å²) < 4.78 is 114. The molecule has 0 unspecified atom stereocenters. The molecule has 2 atom stereocenters. The maximum absolute atomic E-state index is 14.8. The third-order valence-corrected chi connectivity index (χ3v) is 13.3. The summed E-state index contributed by atoms with van der Waals surface area (Å²) in [6, 6.07) is 8.70. The summed E-state index contributed by atoms with van der Waals surface area (Å²) in [6.45, 7) is 0.715. The third-order valence-electron chi connectivity index (χ3n) is 8.89. The molecule has 6 nitrogen and oxygen atoms in total. The number of nitrogens with one attached hydrogen (secondary N) is 2. The molecule has 2 saturated heterocycles. The lowest BCUT2D eigenvalue weighted by atomic mass is 10.0. The van der Waals surface area contributed by atoms with E-state index in [2.05, 4.69) is 27.2 Å². The Hall–Kier alpha value is -2.98. The molecule has 3 heterocycles. The molecule has 0 radical (unpaired) electrons. The van der Waals surface area contributed by atoms with Crippen molar-refractivity contribution >= 4 is 45.2 Å². The van der Waals surface area contributed by atoms with Crippen molar-refractivity contribution in [1.82, 2.24) is 9.80 Å². The Morgan fingerprint density at radius 2 is 1.79 bits per heavy atom. The third kappa shape index (κ3) is 8.97. The van der Waals surface area contributed by atoms with Gasteiger partial charge in [0.15, 0.2) is 5.75 Å². The number of ether oxygens (including phenoxy) is 1. The molecule has 1 aromatic heterocycles. The van der Waals surface area contributed by atoms with E-state index in [-0.39, 0.29) is 35.3 Å². The zero-order valence-corrected chi connectivity index (χ0v) is 28.5. The Bertz CT molecular complexity index is 1700. The molecule has 0 amide bonds. The molecular weight excluding hydrogens is 680 g/mol. The molecule has 5 rings (SSSR count). The number of halogens is 7. The van der Waals surface area contributed by atoms with E-state index < -0.39 is 44.1 Å². The lowest BCUT2D eigenvalue weighted by Gasteiger charge is -2.33. The Balaban J connectivity index is 1.38. The van der Waals surface area contributed by atoms with Crippen LogP contribution >= 0.6 is 18.5 Å². The monoisotopic (exact) mass is 718 g/mol. The van der Waals surface area contributed by atoms with Gasteiger partial charge < -0.3 is 29.7 Å². The summed E-state index contributed by atoms with van der Waals surface area (Å²) in [7, 11) is 2.76. The summed E-state index contributed by atoms with van der Waals surface area (Å²) >= 11 is 1.05. The van der Waals surface area contributed by atoms with Crippen LogP contribution < -0.4 is 20.7 Å². The maximum atomic E-state index is 14.8. The standard InChI is InChI=1S/C33H38F7N4O2PS/c1-43(2)21-12-16-47(45,17-13-21)22-9-10-27(29(18-22)46-33(38,39)40)41-14-5-8-30-24(19-32(35,36)37)23-6-4-7-28(31(23)48-30)42-26-11-15-44(3)20-25(26)34/h4,6-7,9-10,18,21,25-26,41-42H,11-17,19-20H2,1-3H3/t21?,25-,26-,47?/m0/s1. The van der Waals surface area contributed by atoms with Crippen molar-refractivity contribution < 1.29 is 40.0 Å². The first-order valence-corrected chi connectivity index (χ1v) is 18.5. The number of rotatable bonds is 8. The van der Waals surface area contributed by atoms with Crippen molar-refractivity contribution in [3.63, 3.8) is 0 Å². The first-order valence-electron chi connectivity index (χ1n) is 15.6. The Kier molecular flexibility index (Phi) is 10.9. The molecule has 0 saturated carbocycles. The number of nitrogens with zero attached hydrogens (tertiary/aromatic N) is 2. The van der Waals surface area contributed by atoms with Crippen LogP contribution in [0.15, 0.2) is 36.4 Å². The van der Waals surface area contributed by atoms with Crippen molar-refractivity contribution in [3.05, 3.63) is 46.8 Å². The SMILES string of the molecule is CN1CC[C@H](Nc2cccc3c(CC(F)(F)F)c(C#CCNc4ccc(P5(=O)CCC(N(C)C)CC5)cc4OC(F)(F)F)sc23)[C@@H](F)C1. The zero-order chi connectivity index (χ0) is 34.9. The molecule has 0 spiro atoms. The quantitative estimate of drug-likeness (QED) is 0.143. The van der Waals surface area contributed by atoms with Gasteiger partial charge in [-0.15, -0.1) is 24.5 Å². The second-order valence-corrected chi connectivity index (χ2v) is 16.8. The van der Waals surface area contributed by atoms with E-state index in [1.54, 1.807) is 18.2 Å². The normalized spacial score (nSPS) is 23.9. The molecule has 0 aliphatic carbocycles. The van der Waals surface area contributed by atoms with Crippen molar-refractivity contribution in [1.29, 1.82) is 0 Å².